The molecule has 0 aromatic heterocycles. The lowest BCUT2D eigenvalue weighted by Gasteiger charge is -2.44. The summed E-state index contributed by atoms with van der Waals surface area (Å²) in [7, 11) is 0. The zero-order chi connectivity index (χ0) is 24.1. The highest BCUT2D eigenvalue weighted by molar-refractivity contribution is 9.09. The van der Waals surface area contributed by atoms with Crippen LogP contribution in [0.5, 0.6) is 0 Å². The standard InChI is InChI=1S/C29H47BrO3/c1-21-10-13-25(33-20-32-19-30)18-24(21)12-11-23-9-7-17-29(5)26(14-15-27(23)29)22(2)8-6-16-28(3,4)31/h11-12,22,25-27,31H,1,6-10,13-20H2,2-5H3/t22-,25+,26-,27?,29-/m1/s1. The topological polar surface area (TPSA) is 38.7 Å². The quantitative estimate of drug-likeness (QED) is 0.179. The zero-order valence-corrected chi connectivity index (χ0v) is 23.1. The maximum atomic E-state index is 10.1. The van der Waals surface area contributed by atoms with Crippen molar-refractivity contribution in [3.63, 3.8) is 0 Å². The van der Waals surface area contributed by atoms with Gasteiger partial charge in [0, 0.05) is 0 Å². The smallest absolute Gasteiger partial charge is 0.148 e. The molecule has 188 valence electrons. The van der Waals surface area contributed by atoms with Gasteiger partial charge in [0.25, 0.3) is 0 Å². The average molecular weight is 524 g/mol. The molecule has 0 aromatic carbocycles. The van der Waals surface area contributed by atoms with Crippen molar-refractivity contribution in [1.82, 2.24) is 0 Å². The van der Waals surface area contributed by atoms with E-state index < -0.39 is 5.60 Å². The van der Waals surface area contributed by atoms with Crippen LogP contribution in [0.3, 0.4) is 0 Å². The summed E-state index contributed by atoms with van der Waals surface area (Å²) < 4.78 is 11.2. The minimum atomic E-state index is -0.538. The highest BCUT2D eigenvalue weighted by Gasteiger charge is 2.50. The minimum absolute atomic E-state index is 0.233. The number of hydrogen-bond acceptors (Lipinski definition) is 3. The van der Waals surface area contributed by atoms with E-state index in [2.05, 4.69) is 48.5 Å². The molecule has 0 radical (unpaired) electrons. The van der Waals surface area contributed by atoms with Crippen LogP contribution in [-0.2, 0) is 9.47 Å². The first-order valence-electron chi connectivity index (χ1n) is 13.2. The summed E-state index contributed by atoms with van der Waals surface area (Å²) in [6, 6.07) is 0. The Balaban J connectivity index is 1.64. The van der Waals surface area contributed by atoms with Crippen LogP contribution in [0.4, 0.5) is 0 Å². The third kappa shape index (κ3) is 7.29. The van der Waals surface area contributed by atoms with Crippen LogP contribution in [0.25, 0.3) is 0 Å². The van der Waals surface area contributed by atoms with Gasteiger partial charge in [-0.3, -0.25) is 0 Å². The van der Waals surface area contributed by atoms with Gasteiger partial charge >= 0.3 is 0 Å². The van der Waals surface area contributed by atoms with Gasteiger partial charge in [0.1, 0.15) is 12.3 Å². The van der Waals surface area contributed by atoms with Crippen LogP contribution in [0.15, 0.2) is 35.5 Å². The van der Waals surface area contributed by atoms with E-state index in [0.717, 1.165) is 49.9 Å². The van der Waals surface area contributed by atoms with E-state index in [9.17, 15) is 5.11 Å². The van der Waals surface area contributed by atoms with Gasteiger partial charge in [-0.1, -0.05) is 72.5 Å². The number of rotatable bonds is 10. The molecule has 4 heteroatoms. The van der Waals surface area contributed by atoms with Crippen LogP contribution in [0.1, 0.15) is 98.3 Å². The van der Waals surface area contributed by atoms with E-state index in [1.165, 1.54) is 49.7 Å². The molecule has 1 unspecified atom stereocenters. The number of hydrogen-bond donors (Lipinski definition) is 1. The molecule has 0 spiro atoms. The molecule has 0 bridgehead atoms. The van der Waals surface area contributed by atoms with Crippen molar-refractivity contribution < 1.29 is 14.6 Å². The van der Waals surface area contributed by atoms with Crippen molar-refractivity contribution in [2.24, 2.45) is 23.2 Å². The van der Waals surface area contributed by atoms with Gasteiger partial charge in [0.2, 0.25) is 0 Å². The Bertz CT molecular complexity index is 719. The first-order chi connectivity index (χ1) is 15.6. The highest BCUT2D eigenvalue weighted by atomic mass is 79.9. The summed E-state index contributed by atoms with van der Waals surface area (Å²) in [5.41, 5.74) is 4.71. The Morgan fingerprint density at radius 2 is 2.03 bits per heavy atom. The van der Waals surface area contributed by atoms with Gasteiger partial charge < -0.3 is 14.6 Å². The summed E-state index contributed by atoms with van der Waals surface area (Å²) in [6.07, 6.45) is 17.9. The van der Waals surface area contributed by atoms with Gasteiger partial charge in [-0.15, -0.1) is 0 Å². The molecule has 1 N–H and O–H groups in total. The molecular weight excluding hydrogens is 476 g/mol. The lowest BCUT2D eigenvalue weighted by atomic mass is 9.60. The summed E-state index contributed by atoms with van der Waals surface area (Å²) >= 11 is 3.28. The molecule has 0 aliphatic heterocycles. The Morgan fingerprint density at radius 3 is 2.76 bits per heavy atom. The fourth-order valence-electron chi connectivity index (χ4n) is 6.97. The number of fused-ring (bicyclic) bond motifs is 1. The lowest BCUT2D eigenvalue weighted by molar-refractivity contribution is -0.0785. The van der Waals surface area contributed by atoms with Crippen molar-refractivity contribution in [2.75, 3.05) is 12.3 Å². The van der Waals surface area contributed by atoms with Crippen LogP contribution < -0.4 is 0 Å². The maximum absolute atomic E-state index is 10.1. The van der Waals surface area contributed by atoms with Crippen molar-refractivity contribution >= 4 is 15.9 Å². The Morgan fingerprint density at radius 1 is 1.24 bits per heavy atom. The Hall–Kier alpha value is -0.420. The highest BCUT2D eigenvalue weighted by Crippen LogP contribution is 2.60. The number of allylic oxidation sites excluding steroid dienone is 4. The van der Waals surface area contributed by atoms with E-state index in [4.69, 9.17) is 9.47 Å². The normalized spacial score (nSPS) is 34.1. The van der Waals surface area contributed by atoms with E-state index in [1.54, 1.807) is 5.57 Å². The molecule has 0 saturated heterocycles. The summed E-state index contributed by atoms with van der Waals surface area (Å²) in [5.74, 6) is 2.26. The fourth-order valence-corrected chi connectivity index (χ4v) is 7.10. The maximum Gasteiger partial charge on any atom is 0.148 e. The van der Waals surface area contributed by atoms with Crippen molar-refractivity contribution in [3.05, 3.63) is 35.5 Å². The molecule has 5 atom stereocenters. The predicted molar refractivity (Wildman–Crippen MR) is 141 cm³/mol. The predicted octanol–water partition coefficient (Wildman–Crippen LogP) is 8.08. The number of aliphatic hydroxyl groups is 1. The molecule has 3 rings (SSSR count). The lowest BCUT2D eigenvalue weighted by Crippen LogP contribution is -2.36. The fraction of sp³-hybridized carbons (Fsp3) is 0.793. The van der Waals surface area contributed by atoms with Gasteiger partial charge in [-0.2, -0.15) is 0 Å². The van der Waals surface area contributed by atoms with E-state index in [1.807, 2.05) is 13.8 Å². The van der Waals surface area contributed by atoms with Crippen molar-refractivity contribution in [1.29, 1.82) is 0 Å². The van der Waals surface area contributed by atoms with Gasteiger partial charge in [0.05, 0.1) is 11.7 Å². The molecule has 33 heavy (non-hydrogen) atoms. The second-order valence-electron chi connectivity index (χ2n) is 11.8. The number of alkyl halides is 1. The number of ether oxygens (including phenoxy) is 2. The minimum Gasteiger partial charge on any atom is -0.390 e. The molecule has 0 heterocycles. The second-order valence-corrected chi connectivity index (χ2v) is 12.2. The van der Waals surface area contributed by atoms with Crippen LogP contribution in [0.2, 0.25) is 0 Å². The summed E-state index contributed by atoms with van der Waals surface area (Å²) in [5, 5.41) is 10.1. The molecule has 3 aliphatic rings. The molecule has 3 fully saturated rings. The Kier molecular flexibility index (Phi) is 9.89. The third-order valence-electron chi connectivity index (χ3n) is 8.81. The van der Waals surface area contributed by atoms with Crippen molar-refractivity contribution in [2.45, 2.75) is 110 Å². The third-order valence-corrected chi connectivity index (χ3v) is 9.13. The molecule has 3 aliphatic carbocycles. The molecule has 0 amide bonds. The van der Waals surface area contributed by atoms with Gasteiger partial charge in [0.15, 0.2) is 0 Å². The van der Waals surface area contributed by atoms with Gasteiger partial charge in [-0.05, 0) is 100 Å². The number of halogens is 1. The zero-order valence-electron chi connectivity index (χ0n) is 21.5. The monoisotopic (exact) mass is 522 g/mol. The van der Waals surface area contributed by atoms with Gasteiger partial charge in [-0.25, -0.2) is 0 Å². The summed E-state index contributed by atoms with van der Waals surface area (Å²) in [4.78, 5) is 0. The van der Waals surface area contributed by atoms with Crippen molar-refractivity contribution in [3.8, 4) is 0 Å². The van der Waals surface area contributed by atoms with E-state index in [0.29, 0.717) is 17.7 Å². The summed E-state index contributed by atoms with van der Waals surface area (Å²) in [6.45, 7) is 13.6. The van der Waals surface area contributed by atoms with E-state index in [-0.39, 0.29) is 6.10 Å². The SMILES string of the molecule is C=C1CC[C@H](OCOCBr)CC1=CC=C1CCC[C@@]2(C)C1CC[C@@H]2[C@H](C)CCCC(C)(C)O. The molecular formula is C29H47BrO3. The molecule has 0 aromatic rings. The van der Waals surface area contributed by atoms with Crippen LogP contribution >= 0.6 is 15.9 Å². The molecule has 3 saturated carbocycles. The first-order valence-corrected chi connectivity index (χ1v) is 14.3. The molecule has 3 nitrogen and oxygen atoms in total. The average Bonchev–Trinajstić information content (AvgIpc) is 3.10. The Labute approximate surface area is 211 Å². The second kappa shape index (κ2) is 12.0. The first kappa shape index (κ1) is 27.2. The van der Waals surface area contributed by atoms with Crippen LogP contribution in [0, 0.1) is 23.2 Å². The largest absolute Gasteiger partial charge is 0.390 e. The van der Waals surface area contributed by atoms with Crippen LogP contribution in [-0.4, -0.2) is 29.1 Å². The van der Waals surface area contributed by atoms with E-state index >= 15 is 0 Å².